The van der Waals surface area contributed by atoms with Crippen LogP contribution in [-0.2, 0) is 9.59 Å². The number of hydrogen-bond donors (Lipinski definition) is 2. The molecule has 2 aromatic rings. The van der Waals surface area contributed by atoms with Gasteiger partial charge in [0.15, 0.2) is 6.61 Å². The van der Waals surface area contributed by atoms with Crippen LogP contribution >= 0.6 is 23.5 Å². The SMILES string of the molecule is CC(=O)Nc1ccc(NC(=O)COc2ccc(C3SCCS3)cc2)cc1. The van der Waals surface area contributed by atoms with Crippen LogP contribution in [0.5, 0.6) is 5.75 Å². The van der Waals surface area contributed by atoms with Crippen LogP contribution in [0.4, 0.5) is 11.4 Å². The molecule has 136 valence electrons. The van der Waals surface area contributed by atoms with Crippen molar-refractivity contribution in [3.05, 3.63) is 54.1 Å². The molecule has 0 spiro atoms. The molecule has 0 aromatic heterocycles. The van der Waals surface area contributed by atoms with E-state index in [2.05, 4.69) is 22.8 Å². The molecule has 0 unspecified atom stereocenters. The molecule has 2 amide bonds. The standard InChI is InChI=1S/C19H20N2O3S2/c1-13(22)20-15-4-6-16(7-5-15)21-18(23)12-24-17-8-2-14(3-9-17)19-25-10-11-26-19/h2-9,19H,10-12H2,1H3,(H,20,22)(H,21,23). The van der Waals surface area contributed by atoms with Crippen LogP contribution in [0.3, 0.4) is 0 Å². The van der Waals surface area contributed by atoms with Crippen LogP contribution in [0.2, 0.25) is 0 Å². The predicted octanol–water partition coefficient (Wildman–Crippen LogP) is 4.14. The van der Waals surface area contributed by atoms with Gasteiger partial charge in [0.2, 0.25) is 5.91 Å². The number of carbonyl (C=O) groups excluding carboxylic acids is 2. The Kier molecular flexibility index (Phi) is 6.46. The van der Waals surface area contributed by atoms with Crippen molar-refractivity contribution in [3.8, 4) is 5.75 Å². The zero-order valence-corrected chi connectivity index (χ0v) is 16.0. The first-order valence-electron chi connectivity index (χ1n) is 8.23. The minimum Gasteiger partial charge on any atom is -0.484 e. The van der Waals surface area contributed by atoms with Crippen LogP contribution in [0.15, 0.2) is 48.5 Å². The van der Waals surface area contributed by atoms with Crippen molar-refractivity contribution in [1.82, 2.24) is 0 Å². The van der Waals surface area contributed by atoms with Crippen molar-refractivity contribution in [2.24, 2.45) is 0 Å². The maximum absolute atomic E-state index is 12.0. The van der Waals surface area contributed by atoms with Gasteiger partial charge in [-0.15, -0.1) is 23.5 Å². The molecule has 1 fully saturated rings. The fourth-order valence-corrected chi connectivity index (χ4v) is 5.32. The Labute approximate surface area is 161 Å². The fourth-order valence-electron chi connectivity index (χ4n) is 2.46. The maximum atomic E-state index is 12.0. The predicted molar refractivity (Wildman–Crippen MR) is 109 cm³/mol. The molecule has 2 N–H and O–H groups in total. The summed E-state index contributed by atoms with van der Waals surface area (Å²) >= 11 is 3.92. The van der Waals surface area contributed by atoms with Crippen LogP contribution < -0.4 is 15.4 Å². The summed E-state index contributed by atoms with van der Waals surface area (Å²) in [5, 5.41) is 5.44. The first-order chi connectivity index (χ1) is 12.6. The van der Waals surface area contributed by atoms with Gasteiger partial charge in [0.25, 0.3) is 5.91 Å². The summed E-state index contributed by atoms with van der Waals surface area (Å²) < 4.78 is 6.06. The average Bonchev–Trinajstić information content (AvgIpc) is 3.16. The molecule has 0 aliphatic carbocycles. The Balaban J connectivity index is 1.46. The van der Waals surface area contributed by atoms with Gasteiger partial charge in [-0.05, 0) is 42.0 Å². The molecule has 1 saturated heterocycles. The lowest BCUT2D eigenvalue weighted by molar-refractivity contribution is -0.118. The molecule has 7 heteroatoms. The minimum absolute atomic E-state index is 0.0558. The summed E-state index contributed by atoms with van der Waals surface area (Å²) in [5.41, 5.74) is 2.62. The Morgan fingerprint density at radius 3 is 2.12 bits per heavy atom. The van der Waals surface area contributed by atoms with Gasteiger partial charge in [-0.2, -0.15) is 0 Å². The van der Waals surface area contributed by atoms with Gasteiger partial charge in [-0.25, -0.2) is 0 Å². The first kappa shape index (κ1) is 18.7. The molecule has 0 atom stereocenters. The van der Waals surface area contributed by atoms with Crippen LogP contribution in [0, 0.1) is 0 Å². The van der Waals surface area contributed by atoms with Gasteiger partial charge in [0.1, 0.15) is 5.75 Å². The molecular weight excluding hydrogens is 368 g/mol. The van der Waals surface area contributed by atoms with Crippen LogP contribution in [0.25, 0.3) is 0 Å². The number of benzene rings is 2. The highest BCUT2D eigenvalue weighted by Gasteiger charge is 2.18. The lowest BCUT2D eigenvalue weighted by Gasteiger charge is -2.11. The van der Waals surface area contributed by atoms with Crippen molar-refractivity contribution in [1.29, 1.82) is 0 Å². The third-order valence-electron chi connectivity index (χ3n) is 3.63. The molecule has 26 heavy (non-hydrogen) atoms. The number of nitrogens with one attached hydrogen (secondary N) is 2. The Morgan fingerprint density at radius 1 is 0.962 bits per heavy atom. The van der Waals surface area contributed by atoms with E-state index in [9.17, 15) is 9.59 Å². The van der Waals surface area contributed by atoms with Gasteiger partial charge in [0.05, 0.1) is 4.58 Å². The monoisotopic (exact) mass is 388 g/mol. The summed E-state index contributed by atoms with van der Waals surface area (Å²) in [6.45, 7) is 1.39. The van der Waals surface area contributed by atoms with E-state index < -0.39 is 0 Å². The Morgan fingerprint density at radius 2 is 1.54 bits per heavy atom. The van der Waals surface area contributed by atoms with E-state index in [1.54, 1.807) is 24.3 Å². The summed E-state index contributed by atoms with van der Waals surface area (Å²) in [4.78, 5) is 23.0. The second kappa shape index (κ2) is 9.00. The summed E-state index contributed by atoms with van der Waals surface area (Å²) in [6, 6.07) is 14.9. The highest BCUT2D eigenvalue weighted by molar-refractivity contribution is 8.19. The van der Waals surface area contributed by atoms with Crippen molar-refractivity contribution < 1.29 is 14.3 Å². The second-order valence-corrected chi connectivity index (χ2v) is 8.46. The molecule has 2 aromatic carbocycles. The number of rotatable bonds is 6. The van der Waals surface area contributed by atoms with Gasteiger partial charge in [-0.1, -0.05) is 12.1 Å². The van der Waals surface area contributed by atoms with E-state index in [1.807, 2.05) is 35.7 Å². The molecule has 5 nitrogen and oxygen atoms in total. The van der Waals surface area contributed by atoms with Crippen molar-refractivity contribution in [3.63, 3.8) is 0 Å². The van der Waals surface area contributed by atoms with Gasteiger partial charge >= 0.3 is 0 Å². The quantitative estimate of drug-likeness (QED) is 0.778. The van der Waals surface area contributed by atoms with E-state index in [0.29, 0.717) is 21.7 Å². The molecule has 0 bridgehead atoms. The summed E-state index contributed by atoms with van der Waals surface area (Å²) in [5.74, 6) is 2.70. The van der Waals surface area contributed by atoms with E-state index in [4.69, 9.17) is 4.74 Å². The summed E-state index contributed by atoms with van der Waals surface area (Å²) in [6.07, 6.45) is 0. The lowest BCUT2D eigenvalue weighted by atomic mass is 10.2. The first-order valence-corrected chi connectivity index (χ1v) is 10.3. The lowest BCUT2D eigenvalue weighted by Crippen LogP contribution is -2.20. The molecule has 0 radical (unpaired) electrons. The highest BCUT2D eigenvalue weighted by atomic mass is 32.2. The van der Waals surface area contributed by atoms with Crippen molar-refractivity contribution >= 4 is 46.7 Å². The van der Waals surface area contributed by atoms with E-state index in [-0.39, 0.29) is 18.4 Å². The second-order valence-electron chi connectivity index (χ2n) is 5.74. The van der Waals surface area contributed by atoms with Gasteiger partial charge in [-0.3, -0.25) is 9.59 Å². The van der Waals surface area contributed by atoms with Crippen LogP contribution in [0.1, 0.15) is 17.1 Å². The third-order valence-corrected chi connectivity index (χ3v) is 6.74. The number of carbonyl (C=O) groups is 2. The largest absolute Gasteiger partial charge is 0.484 e. The molecule has 0 saturated carbocycles. The van der Waals surface area contributed by atoms with Crippen molar-refractivity contribution in [2.45, 2.75) is 11.5 Å². The van der Waals surface area contributed by atoms with Crippen LogP contribution in [-0.4, -0.2) is 29.9 Å². The van der Waals surface area contributed by atoms with Crippen molar-refractivity contribution in [2.75, 3.05) is 28.7 Å². The molecule has 3 rings (SSSR count). The fraction of sp³-hybridized carbons (Fsp3) is 0.263. The average molecular weight is 389 g/mol. The number of ether oxygens (including phenoxy) is 1. The Bertz CT molecular complexity index is 757. The van der Waals surface area contributed by atoms with Gasteiger partial charge < -0.3 is 15.4 Å². The number of amides is 2. The van der Waals surface area contributed by atoms with E-state index in [0.717, 1.165) is 0 Å². The smallest absolute Gasteiger partial charge is 0.262 e. The van der Waals surface area contributed by atoms with E-state index in [1.165, 1.54) is 24.0 Å². The zero-order chi connectivity index (χ0) is 18.4. The maximum Gasteiger partial charge on any atom is 0.262 e. The molecule has 1 aliphatic heterocycles. The third kappa shape index (κ3) is 5.44. The number of thioether (sulfide) groups is 2. The van der Waals surface area contributed by atoms with Gasteiger partial charge in [0, 0.05) is 29.8 Å². The minimum atomic E-state index is -0.233. The molecule has 1 aliphatic rings. The number of hydrogen-bond acceptors (Lipinski definition) is 5. The normalized spacial score (nSPS) is 14.0. The molecular formula is C19H20N2O3S2. The number of anilines is 2. The highest BCUT2D eigenvalue weighted by Crippen LogP contribution is 2.45. The van der Waals surface area contributed by atoms with E-state index >= 15 is 0 Å². The zero-order valence-electron chi connectivity index (χ0n) is 14.4. The topological polar surface area (TPSA) is 67.4 Å². The Hall–Kier alpha value is -2.12. The molecule has 1 heterocycles. The summed E-state index contributed by atoms with van der Waals surface area (Å²) in [7, 11) is 0.